The van der Waals surface area contributed by atoms with Gasteiger partial charge < -0.3 is 15.8 Å². The van der Waals surface area contributed by atoms with Gasteiger partial charge in [0, 0.05) is 13.2 Å². The Hall–Kier alpha value is -1.22. The summed E-state index contributed by atoms with van der Waals surface area (Å²) in [5.74, 6) is 0. The van der Waals surface area contributed by atoms with Gasteiger partial charge in [-0.25, -0.2) is 0 Å². The van der Waals surface area contributed by atoms with Gasteiger partial charge >= 0.3 is 0 Å². The van der Waals surface area contributed by atoms with E-state index < -0.39 is 0 Å². The third-order valence-corrected chi connectivity index (χ3v) is 2.66. The molecule has 1 aromatic rings. The predicted octanol–water partition coefficient (Wildman–Crippen LogP) is 2.80. The lowest BCUT2D eigenvalue weighted by atomic mass is 10.1. The molecule has 0 amide bonds. The maximum Gasteiger partial charge on any atom is 0.0664 e. The first-order chi connectivity index (χ1) is 7.69. The number of nitrogen functional groups attached to an aromatic ring is 1. The summed E-state index contributed by atoms with van der Waals surface area (Å²) >= 11 is 0. The Morgan fingerprint density at radius 2 is 2.19 bits per heavy atom. The molecule has 1 aromatic carbocycles. The van der Waals surface area contributed by atoms with Crippen LogP contribution >= 0.6 is 0 Å². The van der Waals surface area contributed by atoms with Crippen molar-refractivity contribution in [3.8, 4) is 0 Å². The minimum Gasteiger partial charge on any atom is -0.397 e. The van der Waals surface area contributed by atoms with Crippen LogP contribution in [0.5, 0.6) is 0 Å². The lowest BCUT2D eigenvalue weighted by Gasteiger charge is -2.21. The number of hydrogen-bond donors (Lipinski definition) is 2. The molecule has 0 aliphatic heterocycles. The van der Waals surface area contributed by atoms with Gasteiger partial charge in [-0.15, -0.1) is 0 Å². The summed E-state index contributed by atoms with van der Waals surface area (Å²) in [4.78, 5) is 0. The highest BCUT2D eigenvalue weighted by atomic mass is 16.5. The molecule has 0 saturated carbocycles. The first kappa shape index (κ1) is 12.8. The third-order valence-electron chi connectivity index (χ3n) is 2.66. The molecule has 1 rings (SSSR count). The van der Waals surface area contributed by atoms with Crippen LogP contribution in [0.15, 0.2) is 18.2 Å². The first-order valence-electron chi connectivity index (χ1n) is 5.79. The Labute approximate surface area is 98.0 Å². The molecular formula is C13H22N2O. The summed E-state index contributed by atoms with van der Waals surface area (Å²) in [6.45, 7) is 4.95. The van der Waals surface area contributed by atoms with E-state index >= 15 is 0 Å². The van der Waals surface area contributed by atoms with Gasteiger partial charge in [-0.2, -0.15) is 0 Å². The van der Waals surface area contributed by atoms with Crippen molar-refractivity contribution in [2.24, 2.45) is 0 Å². The standard InChI is InChI=1S/C13H22N2O/c1-4-6-11(9-16-3)15-13-10(2)7-5-8-12(13)14/h5,7-8,11,15H,4,6,9,14H2,1-3H3. The molecule has 0 saturated heterocycles. The van der Waals surface area contributed by atoms with Crippen molar-refractivity contribution in [3.63, 3.8) is 0 Å². The van der Waals surface area contributed by atoms with Gasteiger partial charge in [-0.05, 0) is 25.0 Å². The lowest BCUT2D eigenvalue weighted by Crippen LogP contribution is -2.25. The molecule has 3 nitrogen and oxygen atoms in total. The predicted molar refractivity (Wildman–Crippen MR) is 69.8 cm³/mol. The lowest BCUT2D eigenvalue weighted by molar-refractivity contribution is 0.182. The van der Waals surface area contributed by atoms with Crippen LogP contribution < -0.4 is 11.1 Å². The second-order valence-corrected chi connectivity index (χ2v) is 4.12. The van der Waals surface area contributed by atoms with E-state index in [-0.39, 0.29) is 0 Å². The van der Waals surface area contributed by atoms with Crippen molar-refractivity contribution in [2.75, 3.05) is 24.8 Å². The van der Waals surface area contributed by atoms with Crippen molar-refractivity contribution in [3.05, 3.63) is 23.8 Å². The molecule has 1 atom stereocenters. The summed E-state index contributed by atoms with van der Waals surface area (Å²) in [6, 6.07) is 6.29. The molecule has 90 valence electrons. The average molecular weight is 222 g/mol. The van der Waals surface area contributed by atoms with Gasteiger partial charge in [-0.1, -0.05) is 25.5 Å². The molecule has 3 N–H and O–H groups in total. The SMILES string of the molecule is CCCC(COC)Nc1c(C)cccc1N. The van der Waals surface area contributed by atoms with Crippen LogP contribution in [0.1, 0.15) is 25.3 Å². The van der Waals surface area contributed by atoms with E-state index in [4.69, 9.17) is 10.5 Å². The maximum atomic E-state index is 5.96. The smallest absolute Gasteiger partial charge is 0.0664 e. The van der Waals surface area contributed by atoms with Gasteiger partial charge in [0.1, 0.15) is 0 Å². The molecule has 16 heavy (non-hydrogen) atoms. The summed E-state index contributed by atoms with van der Waals surface area (Å²) in [5, 5.41) is 3.47. The van der Waals surface area contributed by atoms with Crippen LogP contribution in [0, 0.1) is 6.92 Å². The minimum absolute atomic E-state index is 0.332. The molecular weight excluding hydrogens is 200 g/mol. The largest absolute Gasteiger partial charge is 0.397 e. The fraction of sp³-hybridized carbons (Fsp3) is 0.538. The zero-order valence-corrected chi connectivity index (χ0v) is 10.4. The van der Waals surface area contributed by atoms with Crippen LogP contribution in [0.25, 0.3) is 0 Å². The molecule has 0 radical (unpaired) electrons. The van der Waals surface area contributed by atoms with Crippen LogP contribution in [0.2, 0.25) is 0 Å². The molecule has 0 spiro atoms. The number of nitrogens with one attached hydrogen (secondary N) is 1. The fourth-order valence-electron chi connectivity index (χ4n) is 1.84. The number of methoxy groups -OCH3 is 1. The number of benzene rings is 1. The summed E-state index contributed by atoms with van der Waals surface area (Å²) in [6.07, 6.45) is 2.22. The Morgan fingerprint density at radius 3 is 2.75 bits per heavy atom. The van der Waals surface area contributed by atoms with E-state index in [2.05, 4.69) is 25.2 Å². The summed E-state index contributed by atoms with van der Waals surface area (Å²) in [5.41, 5.74) is 8.98. The van der Waals surface area contributed by atoms with Gasteiger partial charge in [-0.3, -0.25) is 0 Å². The highest BCUT2D eigenvalue weighted by molar-refractivity contribution is 5.70. The quantitative estimate of drug-likeness (QED) is 0.728. The Bertz CT molecular complexity index is 299. The van der Waals surface area contributed by atoms with Crippen molar-refractivity contribution < 1.29 is 4.74 Å². The van der Waals surface area contributed by atoms with Crippen LogP contribution in [0.3, 0.4) is 0 Å². The molecule has 0 aliphatic carbocycles. The third kappa shape index (κ3) is 3.42. The minimum atomic E-state index is 0.332. The van der Waals surface area contributed by atoms with E-state index in [1.807, 2.05) is 12.1 Å². The monoisotopic (exact) mass is 222 g/mol. The fourth-order valence-corrected chi connectivity index (χ4v) is 1.84. The van der Waals surface area contributed by atoms with Gasteiger partial charge in [0.15, 0.2) is 0 Å². The summed E-state index contributed by atoms with van der Waals surface area (Å²) in [7, 11) is 1.73. The van der Waals surface area contributed by atoms with Crippen molar-refractivity contribution in [1.29, 1.82) is 0 Å². The Balaban J connectivity index is 2.76. The number of ether oxygens (including phenoxy) is 1. The first-order valence-corrected chi connectivity index (χ1v) is 5.79. The molecule has 0 heterocycles. The Kier molecular flexibility index (Phi) is 5.12. The number of aryl methyl sites for hydroxylation is 1. The van der Waals surface area contributed by atoms with Gasteiger partial charge in [0.2, 0.25) is 0 Å². The number of para-hydroxylation sites is 1. The zero-order valence-electron chi connectivity index (χ0n) is 10.4. The molecule has 0 bridgehead atoms. The maximum absolute atomic E-state index is 5.96. The van der Waals surface area contributed by atoms with Crippen LogP contribution in [-0.4, -0.2) is 19.8 Å². The highest BCUT2D eigenvalue weighted by Gasteiger charge is 2.10. The second-order valence-electron chi connectivity index (χ2n) is 4.12. The highest BCUT2D eigenvalue weighted by Crippen LogP contribution is 2.24. The summed E-state index contributed by atoms with van der Waals surface area (Å²) < 4.78 is 5.21. The molecule has 3 heteroatoms. The van der Waals surface area contributed by atoms with E-state index in [1.54, 1.807) is 7.11 Å². The molecule has 1 unspecified atom stereocenters. The van der Waals surface area contributed by atoms with Gasteiger partial charge in [0.05, 0.1) is 18.0 Å². The Morgan fingerprint density at radius 1 is 1.44 bits per heavy atom. The topological polar surface area (TPSA) is 47.3 Å². The number of hydrogen-bond acceptors (Lipinski definition) is 3. The van der Waals surface area contributed by atoms with Crippen molar-refractivity contribution in [1.82, 2.24) is 0 Å². The number of anilines is 2. The van der Waals surface area contributed by atoms with E-state index in [9.17, 15) is 0 Å². The molecule has 0 aromatic heterocycles. The van der Waals surface area contributed by atoms with Crippen LogP contribution in [-0.2, 0) is 4.74 Å². The molecule has 0 fully saturated rings. The number of nitrogens with two attached hydrogens (primary N) is 1. The van der Waals surface area contributed by atoms with Crippen molar-refractivity contribution >= 4 is 11.4 Å². The van der Waals surface area contributed by atoms with Crippen molar-refractivity contribution in [2.45, 2.75) is 32.7 Å². The second kappa shape index (κ2) is 6.38. The number of rotatable bonds is 6. The normalized spacial score (nSPS) is 12.4. The van der Waals surface area contributed by atoms with E-state index in [0.717, 1.165) is 24.2 Å². The zero-order chi connectivity index (χ0) is 12.0. The van der Waals surface area contributed by atoms with Crippen LogP contribution in [0.4, 0.5) is 11.4 Å². The average Bonchev–Trinajstić information content (AvgIpc) is 2.24. The van der Waals surface area contributed by atoms with E-state index in [0.29, 0.717) is 12.6 Å². The van der Waals surface area contributed by atoms with E-state index in [1.165, 1.54) is 5.56 Å². The van der Waals surface area contributed by atoms with Gasteiger partial charge in [0.25, 0.3) is 0 Å². The molecule has 0 aliphatic rings.